The van der Waals surface area contributed by atoms with Crippen molar-refractivity contribution in [3.63, 3.8) is 0 Å². The molecule has 0 spiro atoms. The zero-order chi connectivity index (χ0) is 11.8. The Morgan fingerprint density at radius 1 is 0.722 bits per heavy atom. The predicted octanol–water partition coefficient (Wildman–Crippen LogP) is -1.79. The molecule has 99 valence electrons. The van der Waals surface area contributed by atoms with E-state index in [1.165, 1.54) is 0 Å². The van der Waals surface area contributed by atoms with Crippen molar-refractivity contribution in [2.24, 2.45) is 0 Å². The minimum atomic E-state index is -1.52. The van der Waals surface area contributed by atoms with Gasteiger partial charge in [-0.15, -0.1) is 0 Å². The van der Waals surface area contributed by atoms with E-state index in [1.54, 1.807) is 0 Å². The predicted molar refractivity (Wildman–Crippen MR) is 72.2 cm³/mol. The van der Waals surface area contributed by atoms with Crippen molar-refractivity contribution in [2.45, 2.75) is 33.2 Å². The monoisotopic (exact) mass is 345 g/mol. The Morgan fingerprint density at radius 3 is 1.22 bits per heavy atom. The van der Waals surface area contributed by atoms with Gasteiger partial charge in [-0.25, -0.2) is 0 Å². The number of allylic oxidation sites excluding steroid dienone is 8. The van der Waals surface area contributed by atoms with Crippen LogP contribution in [0, 0.1) is 0 Å². The van der Waals surface area contributed by atoms with Crippen molar-refractivity contribution < 1.29 is 30.3 Å². The van der Waals surface area contributed by atoms with Gasteiger partial charge in [0.2, 0.25) is 0 Å². The maximum absolute atomic E-state index is 2.56. The van der Waals surface area contributed by atoms with Crippen molar-refractivity contribution in [3.05, 3.63) is 48.6 Å². The topological polar surface area (TPSA) is 0 Å². The van der Waals surface area contributed by atoms with Gasteiger partial charge >= 0.3 is 109 Å². The molecule has 0 amide bonds. The molecule has 2 aliphatic carbocycles. The minimum Gasteiger partial charge on any atom is -1.00 e. The summed E-state index contributed by atoms with van der Waals surface area (Å²) in [5, 5.41) is 0. The van der Waals surface area contributed by atoms with Crippen LogP contribution >= 0.6 is 0 Å². The summed E-state index contributed by atoms with van der Waals surface area (Å²) in [6, 6.07) is 0. The molecule has 0 bridgehead atoms. The molecule has 4 heteroatoms. The molecule has 18 heavy (non-hydrogen) atoms. The van der Waals surface area contributed by atoms with Gasteiger partial charge in [-0.3, -0.25) is 0 Å². The Bertz CT molecular complexity index is 339. The standard InChI is InChI=1S/2C6H7.C2H7Si.2FH.Zr/c2*1-6-4-2-3-5-6;1-3-2;;;/h2*2-5H,1H3;3H,1-2H3;2*1H;/q;;;;;+2/p-2. The third-order valence-corrected chi connectivity index (χ3v) is 28.1. The van der Waals surface area contributed by atoms with Crippen molar-refractivity contribution in [3.8, 4) is 0 Å². The molecule has 0 saturated heterocycles. The molecule has 0 atom stereocenters. The first-order chi connectivity index (χ1) is 7.48. The van der Waals surface area contributed by atoms with Gasteiger partial charge in [0.1, 0.15) is 0 Å². The summed E-state index contributed by atoms with van der Waals surface area (Å²) in [5.74, 6) is -0.534. The molecular weight excluding hydrogens is 325 g/mol. The van der Waals surface area contributed by atoms with Crippen LogP contribution in [0.15, 0.2) is 48.6 Å². The molecule has 0 aromatic rings. The molecule has 0 radical (unpaired) electrons. The maximum Gasteiger partial charge on any atom is -1.00 e. The van der Waals surface area contributed by atoms with Gasteiger partial charge in [0.05, 0.1) is 0 Å². The summed E-state index contributed by atoms with van der Waals surface area (Å²) in [7, 11) is 0. The maximum atomic E-state index is 2.56. The van der Waals surface area contributed by atoms with E-state index in [0.29, 0.717) is 6.25 Å². The van der Waals surface area contributed by atoms with E-state index in [2.05, 4.69) is 75.5 Å². The van der Waals surface area contributed by atoms with E-state index in [4.69, 9.17) is 0 Å². The van der Waals surface area contributed by atoms with Crippen molar-refractivity contribution in [1.82, 2.24) is 0 Å². The molecule has 0 saturated carbocycles. The van der Waals surface area contributed by atoms with Crippen molar-refractivity contribution in [2.75, 3.05) is 0 Å². The van der Waals surface area contributed by atoms with Gasteiger partial charge < -0.3 is 9.41 Å². The molecule has 2 rings (SSSR count). The third kappa shape index (κ3) is 3.08. The summed E-state index contributed by atoms with van der Waals surface area (Å²) in [6.07, 6.45) is 18.9. The van der Waals surface area contributed by atoms with E-state index in [9.17, 15) is 0 Å². The molecule has 0 fully saturated rings. The first-order valence-electron chi connectivity index (χ1n) is 6.10. The van der Waals surface area contributed by atoms with E-state index in [-0.39, 0.29) is 9.41 Å². The fraction of sp³-hybridized carbons (Fsp3) is 0.429. The van der Waals surface area contributed by atoms with Crippen LogP contribution in [-0.4, -0.2) is 5.92 Å². The van der Waals surface area contributed by atoms with Crippen LogP contribution in [0.2, 0.25) is 19.3 Å². The average Bonchev–Trinajstić information content (AvgIpc) is 2.75. The van der Waals surface area contributed by atoms with E-state index < -0.39 is 26.8 Å². The quantitative estimate of drug-likeness (QED) is 0.530. The fourth-order valence-electron chi connectivity index (χ4n) is 3.32. The summed E-state index contributed by atoms with van der Waals surface area (Å²) < 4.78 is 0.910. The molecular formula is C14H21F2SiZr. The summed E-state index contributed by atoms with van der Waals surface area (Å²) in [6.45, 7) is 10.1. The number of hydrogen-bond donors (Lipinski definition) is 0. The van der Waals surface area contributed by atoms with Crippen LogP contribution in [0.1, 0.15) is 13.8 Å². The molecule has 0 unspecified atom stereocenters. The van der Waals surface area contributed by atoms with E-state index in [1.807, 2.05) is 0 Å². The first kappa shape index (κ1) is 17.9. The number of rotatable bonds is 3. The third-order valence-electron chi connectivity index (χ3n) is 3.73. The van der Waals surface area contributed by atoms with Gasteiger partial charge in [-0.1, -0.05) is 0 Å². The smallest absolute Gasteiger partial charge is 1.00 e. The van der Waals surface area contributed by atoms with Crippen LogP contribution in [0.25, 0.3) is 0 Å². The van der Waals surface area contributed by atoms with Crippen LogP contribution in [-0.2, 0) is 20.9 Å². The zero-order valence-corrected chi connectivity index (χ0v) is 15.1. The Balaban J connectivity index is 0.00000144. The zero-order valence-electron chi connectivity index (χ0n) is 11.5. The van der Waals surface area contributed by atoms with E-state index in [0.717, 1.165) is 0 Å². The fourth-order valence-corrected chi connectivity index (χ4v) is 32.0. The molecule has 0 heterocycles. The van der Waals surface area contributed by atoms with Crippen LogP contribution in [0.4, 0.5) is 0 Å². The Kier molecular flexibility index (Phi) is 6.35. The van der Waals surface area contributed by atoms with E-state index >= 15 is 0 Å². The van der Waals surface area contributed by atoms with Crippen molar-refractivity contribution >= 4 is 5.92 Å². The molecule has 0 aromatic carbocycles. The summed E-state index contributed by atoms with van der Waals surface area (Å²) in [4.78, 5) is 0. The molecule has 0 nitrogen and oxygen atoms in total. The van der Waals surface area contributed by atoms with Gasteiger partial charge in [0.25, 0.3) is 0 Å². The van der Waals surface area contributed by atoms with Crippen LogP contribution < -0.4 is 9.41 Å². The Labute approximate surface area is 118 Å². The number of halogens is 2. The molecule has 0 N–H and O–H groups in total. The van der Waals surface area contributed by atoms with Gasteiger partial charge in [0.15, 0.2) is 0 Å². The van der Waals surface area contributed by atoms with Crippen molar-refractivity contribution in [1.29, 1.82) is 0 Å². The SMILES string of the molecule is C[SiH](C)[Zr+2]([C]1(C)C=CC=C1)[C]1(C)C=CC=C1.[F-].[F-]. The van der Waals surface area contributed by atoms with Gasteiger partial charge in [-0.05, 0) is 0 Å². The summed E-state index contributed by atoms with van der Waals surface area (Å²) in [5.41, 5.74) is 0. The van der Waals surface area contributed by atoms with Crippen LogP contribution in [0.3, 0.4) is 0 Å². The normalized spacial score (nSPS) is 20.9. The second-order valence-electron chi connectivity index (χ2n) is 5.57. The minimum absolute atomic E-state index is 0. The average molecular weight is 347 g/mol. The first-order valence-corrected chi connectivity index (χ1v) is 15.7. The largest absolute Gasteiger partial charge is 1.00 e. The molecule has 2 aliphatic rings. The summed E-state index contributed by atoms with van der Waals surface area (Å²) >= 11 is -1.52. The van der Waals surface area contributed by atoms with Gasteiger partial charge in [0, 0.05) is 0 Å². The number of hydrogen-bond acceptors (Lipinski definition) is 0. The Hall–Kier alpha value is -0.0800. The Morgan fingerprint density at radius 2 is 1.00 bits per heavy atom. The van der Waals surface area contributed by atoms with Gasteiger partial charge in [-0.2, -0.15) is 0 Å². The van der Waals surface area contributed by atoms with Crippen LogP contribution in [0.5, 0.6) is 0 Å². The molecule has 0 aromatic heterocycles. The second kappa shape index (κ2) is 6.38. The second-order valence-corrected chi connectivity index (χ2v) is 27.1. The molecule has 0 aliphatic heterocycles.